The Kier molecular flexibility index (Phi) is 3.74. The molecule has 0 radical (unpaired) electrons. The van der Waals surface area contributed by atoms with Gasteiger partial charge in [-0.05, 0) is 24.5 Å². The van der Waals surface area contributed by atoms with E-state index in [1.165, 1.54) is 0 Å². The predicted molar refractivity (Wildman–Crippen MR) is 84.1 cm³/mol. The van der Waals surface area contributed by atoms with E-state index in [0.29, 0.717) is 16.4 Å². The molecular weight excluding hydrogens is 316 g/mol. The fraction of sp³-hybridized carbons (Fsp3) is 0.375. The lowest BCUT2D eigenvalue weighted by atomic mass is 10.00. The molecule has 1 amide bonds. The Hall–Kier alpha value is -1.42. The maximum absolute atomic E-state index is 12.5. The summed E-state index contributed by atoms with van der Waals surface area (Å²) < 4.78 is 0. The van der Waals surface area contributed by atoms with Crippen molar-refractivity contribution in [3.05, 3.63) is 42.1 Å². The number of carbonyl (C=O) groups excluding carboxylic acids is 1. The second-order valence-corrected chi connectivity index (χ2v) is 6.60. The molecule has 1 aliphatic heterocycles. The van der Waals surface area contributed by atoms with E-state index in [2.05, 4.69) is 27.8 Å². The largest absolute Gasteiger partial charge is 0.337 e. The number of hydrogen-bond donors (Lipinski definition) is 0. The lowest BCUT2D eigenvalue weighted by molar-refractivity contribution is 0.0685. The van der Waals surface area contributed by atoms with Crippen molar-refractivity contribution in [3.8, 4) is 0 Å². The summed E-state index contributed by atoms with van der Waals surface area (Å²) in [6.45, 7) is 3.77. The molecule has 1 aromatic heterocycles. The Labute approximate surface area is 127 Å². The van der Waals surface area contributed by atoms with Crippen molar-refractivity contribution in [1.29, 1.82) is 0 Å². The monoisotopic (exact) mass is 332 g/mol. The van der Waals surface area contributed by atoms with E-state index in [1.54, 1.807) is 0 Å². The van der Waals surface area contributed by atoms with Crippen molar-refractivity contribution in [2.75, 3.05) is 13.1 Å². The molecule has 0 bridgehead atoms. The SMILES string of the molecule is CC1CN(C(=O)c2ccc3ccccc3n2)CCC1Br. The van der Waals surface area contributed by atoms with E-state index >= 15 is 0 Å². The number of aromatic nitrogens is 1. The van der Waals surface area contributed by atoms with Crippen LogP contribution in [0.3, 0.4) is 0 Å². The zero-order valence-electron chi connectivity index (χ0n) is 11.4. The number of likely N-dealkylation sites (tertiary alicyclic amines) is 1. The molecule has 2 aromatic rings. The van der Waals surface area contributed by atoms with Crippen LogP contribution in [0.1, 0.15) is 23.8 Å². The van der Waals surface area contributed by atoms with Gasteiger partial charge in [-0.1, -0.05) is 47.1 Å². The highest BCUT2D eigenvalue weighted by atomic mass is 79.9. The number of carbonyl (C=O) groups is 1. The van der Waals surface area contributed by atoms with E-state index in [1.807, 2.05) is 41.3 Å². The summed E-state index contributed by atoms with van der Waals surface area (Å²) in [4.78, 5) is 19.5. The molecule has 0 N–H and O–H groups in total. The van der Waals surface area contributed by atoms with Crippen LogP contribution in [0, 0.1) is 5.92 Å². The second kappa shape index (κ2) is 5.52. The number of hydrogen-bond acceptors (Lipinski definition) is 2. The highest BCUT2D eigenvalue weighted by Gasteiger charge is 2.28. The van der Waals surface area contributed by atoms with Crippen LogP contribution in [0.15, 0.2) is 36.4 Å². The van der Waals surface area contributed by atoms with E-state index in [4.69, 9.17) is 0 Å². The first-order valence-electron chi connectivity index (χ1n) is 6.94. The van der Waals surface area contributed by atoms with Crippen LogP contribution < -0.4 is 0 Å². The van der Waals surface area contributed by atoms with Crippen LogP contribution in [0.25, 0.3) is 10.9 Å². The van der Waals surface area contributed by atoms with Gasteiger partial charge in [0.05, 0.1) is 5.52 Å². The minimum absolute atomic E-state index is 0.0435. The number of halogens is 1. The number of benzene rings is 1. The normalized spacial score (nSPS) is 23.0. The van der Waals surface area contributed by atoms with Crippen molar-refractivity contribution < 1.29 is 4.79 Å². The fourth-order valence-corrected chi connectivity index (χ4v) is 3.02. The van der Waals surface area contributed by atoms with Crippen molar-refractivity contribution >= 4 is 32.7 Å². The summed E-state index contributed by atoms with van der Waals surface area (Å²) in [7, 11) is 0. The predicted octanol–water partition coefficient (Wildman–Crippen LogP) is 3.48. The molecule has 1 aliphatic rings. The molecule has 2 atom stereocenters. The molecule has 1 fully saturated rings. The molecule has 3 nitrogen and oxygen atoms in total. The molecule has 0 saturated carbocycles. The van der Waals surface area contributed by atoms with Crippen LogP contribution in [0.5, 0.6) is 0 Å². The van der Waals surface area contributed by atoms with Gasteiger partial charge in [-0.3, -0.25) is 4.79 Å². The molecule has 20 heavy (non-hydrogen) atoms. The average Bonchev–Trinajstić information content (AvgIpc) is 2.49. The number of piperidine rings is 1. The first kappa shape index (κ1) is 13.6. The number of pyridine rings is 1. The number of alkyl halides is 1. The summed E-state index contributed by atoms with van der Waals surface area (Å²) in [5.41, 5.74) is 1.42. The Morgan fingerprint density at radius 3 is 2.90 bits per heavy atom. The van der Waals surface area contributed by atoms with Gasteiger partial charge in [0.1, 0.15) is 5.69 Å². The third-order valence-corrected chi connectivity index (χ3v) is 5.27. The topological polar surface area (TPSA) is 33.2 Å². The van der Waals surface area contributed by atoms with Crippen LogP contribution in [-0.4, -0.2) is 33.7 Å². The highest BCUT2D eigenvalue weighted by Crippen LogP contribution is 2.24. The quantitative estimate of drug-likeness (QED) is 0.749. The zero-order valence-corrected chi connectivity index (χ0v) is 13.0. The van der Waals surface area contributed by atoms with Gasteiger partial charge in [0.15, 0.2) is 0 Å². The molecule has 0 spiro atoms. The van der Waals surface area contributed by atoms with Crippen molar-refractivity contribution in [2.24, 2.45) is 5.92 Å². The van der Waals surface area contributed by atoms with Crippen LogP contribution in [0.4, 0.5) is 0 Å². The molecule has 3 rings (SSSR count). The van der Waals surface area contributed by atoms with Gasteiger partial charge in [-0.25, -0.2) is 4.98 Å². The molecule has 2 unspecified atom stereocenters. The molecule has 0 aliphatic carbocycles. The second-order valence-electron chi connectivity index (χ2n) is 5.42. The van der Waals surface area contributed by atoms with E-state index < -0.39 is 0 Å². The van der Waals surface area contributed by atoms with Crippen molar-refractivity contribution in [1.82, 2.24) is 9.88 Å². The van der Waals surface area contributed by atoms with Gasteiger partial charge >= 0.3 is 0 Å². The number of rotatable bonds is 1. The minimum atomic E-state index is 0.0435. The summed E-state index contributed by atoms with van der Waals surface area (Å²) >= 11 is 3.67. The molecule has 1 aromatic carbocycles. The first-order valence-corrected chi connectivity index (χ1v) is 7.86. The van der Waals surface area contributed by atoms with Crippen LogP contribution in [-0.2, 0) is 0 Å². The van der Waals surface area contributed by atoms with Crippen molar-refractivity contribution in [2.45, 2.75) is 18.2 Å². The average molecular weight is 333 g/mol. The molecule has 2 heterocycles. The maximum Gasteiger partial charge on any atom is 0.272 e. The van der Waals surface area contributed by atoms with Crippen LogP contribution >= 0.6 is 15.9 Å². The van der Waals surface area contributed by atoms with E-state index in [9.17, 15) is 4.79 Å². The number of para-hydroxylation sites is 1. The number of fused-ring (bicyclic) bond motifs is 1. The Balaban J connectivity index is 1.85. The van der Waals surface area contributed by atoms with Gasteiger partial charge in [-0.15, -0.1) is 0 Å². The van der Waals surface area contributed by atoms with E-state index in [0.717, 1.165) is 30.4 Å². The Bertz CT molecular complexity index is 643. The zero-order chi connectivity index (χ0) is 14.1. The Morgan fingerprint density at radius 1 is 1.30 bits per heavy atom. The number of nitrogens with zero attached hydrogens (tertiary/aromatic N) is 2. The van der Waals surface area contributed by atoms with Gasteiger partial charge in [0.25, 0.3) is 5.91 Å². The highest BCUT2D eigenvalue weighted by molar-refractivity contribution is 9.09. The fourth-order valence-electron chi connectivity index (χ4n) is 2.65. The van der Waals surface area contributed by atoms with Gasteiger partial charge in [0.2, 0.25) is 0 Å². The third-order valence-electron chi connectivity index (χ3n) is 3.91. The molecule has 104 valence electrons. The third kappa shape index (κ3) is 2.57. The van der Waals surface area contributed by atoms with Gasteiger partial charge in [-0.2, -0.15) is 0 Å². The van der Waals surface area contributed by atoms with Crippen molar-refractivity contribution in [3.63, 3.8) is 0 Å². The molecule has 1 saturated heterocycles. The maximum atomic E-state index is 12.5. The smallest absolute Gasteiger partial charge is 0.272 e. The summed E-state index contributed by atoms with van der Waals surface area (Å²) in [6, 6.07) is 11.7. The first-order chi connectivity index (χ1) is 9.65. The Morgan fingerprint density at radius 2 is 2.10 bits per heavy atom. The molecular formula is C16H17BrN2O. The van der Waals surface area contributed by atoms with Gasteiger partial charge in [0, 0.05) is 23.3 Å². The lowest BCUT2D eigenvalue weighted by Crippen LogP contribution is -2.43. The molecule has 4 heteroatoms. The van der Waals surface area contributed by atoms with Gasteiger partial charge < -0.3 is 4.90 Å². The summed E-state index contributed by atoms with van der Waals surface area (Å²) in [5, 5.41) is 1.07. The lowest BCUT2D eigenvalue weighted by Gasteiger charge is -2.34. The standard InChI is InChI=1S/C16H17BrN2O/c1-11-10-19(9-8-13(11)17)16(20)15-7-6-12-4-2-3-5-14(12)18-15/h2-7,11,13H,8-10H2,1H3. The minimum Gasteiger partial charge on any atom is -0.337 e. The summed E-state index contributed by atoms with van der Waals surface area (Å²) in [6.07, 6.45) is 1.00. The number of amides is 1. The van der Waals surface area contributed by atoms with E-state index in [-0.39, 0.29) is 5.91 Å². The summed E-state index contributed by atoms with van der Waals surface area (Å²) in [5.74, 6) is 0.523. The van der Waals surface area contributed by atoms with Crippen LogP contribution in [0.2, 0.25) is 0 Å².